The zero-order valence-electron chi connectivity index (χ0n) is 11.9. The van der Waals surface area contributed by atoms with Gasteiger partial charge >= 0.3 is 6.03 Å². The van der Waals surface area contributed by atoms with Gasteiger partial charge in [0.25, 0.3) is 5.91 Å². The monoisotopic (exact) mass is 289 g/mol. The first-order valence-corrected chi connectivity index (χ1v) is 6.85. The summed E-state index contributed by atoms with van der Waals surface area (Å²) in [6.45, 7) is 2.88. The molecule has 0 aliphatic carbocycles. The topological polar surface area (TPSA) is 52.7 Å². The van der Waals surface area contributed by atoms with Gasteiger partial charge in [-0.2, -0.15) is 0 Å². The number of likely N-dealkylation sites (N-methyl/N-ethyl adjacent to an activating group) is 2. The van der Waals surface area contributed by atoms with Gasteiger partial charge in [-0.25, -0.2) is 9.18 Å². The van der Waals surface area contributed by atoms with Crippen LogP contribution in [0.1, 0.15) is 18.5 Å². The third kappa shape index (κ3) is 2.07. The maximum atomic E-state index is 13.4. The van der Waals surface area contributed by atoms with Crippen molar-refractivity contribution in [1.82, 2.24) is 15.1 Å². The molecule has 0 radical (unpaired) electrons. The van der Waals surface area contributed by atoms with Crippen LogP contribution in [0.25, 0.3) is 0 Å². The molecular weight excluding hydrogens is 273 g/mol. The average Bonchev–Trinajstić information content (AvgIpc) is 2.80. The SMILES string of the molecule is CCN1CC2=C(C1=O)C(c1cccc(F)c1)NC(=O)N2C. The van der Waals surface area contributed by atoms with E-state index >= 15 is 0 Å². The Kier molecular flexibility index (Phi) is 3.16. The number of carbonyl (C=O) groups excluding carboxylic acids is 2. The van der Waals surface area contributed by atoms with Gasteiger partial charge in [0, 0.05) is 13.6 Å². The molecule has 0 saturated carbocycles. The summed E-state index contributed by atoms with van der Waals surface area (Å²) in [5, 5.41) is 2.77. The van der Waals surface area contributed by atoms with Crippen LogP contribution in [0.3, 0.4) is 0 Å². The maximum Gasteiger partial charge on any atom is 0.322 e. The lowest BCUT2D eigenvalue weighted by atomic mass is 9.96. The van der Waals surface area contributed by atoms with Crippen LogP contribution in [0.15, 0.2) is 35.5 Å². The molecule has 0 saturated heterocycles. The van der Waals surface area contributed by atoms with Crippen molar-refractivity contribution >= 4 is 11.9 Å². The summed E-state index contributed by atoms with van der Waals surface area (Å²) in [5.74, 6) is -0.491. The number of carbonyl (C=O) groups is 2. The second kappa shape index (κ2) is 4.87. The molecule has 1 aromatic rings. The molecule has 110 valence electrons. The Labute approximate surface area is 122 Å². The molecule has 1 atom stereocenters. The van der Waals surface area contributed by atoms with Crippen molar-refractivity contribution < 1.29 is 14.0 Å². The van der Waals surface area contributed by atoms with Crippen LogP contribution in [0.5, 0.6) is 0 Å². The lowest BCUT2D eigenvalue weighted by Gasteiger charge is -2.31. The van der Waals surface area contributed by atoms with Crippen LogP contribution >= 0.6 is 0 Å². The van der Waals surface area contributed by atoms with Crippen LogP contribution in [0, 0.1) is 5.82 Å². The van der Waals surface area contributed by atoms with Gasteiger partial charge in [-0.05, 0) is 24.6 Å². The van der Waals surface area contributed by atoms with Crippen molar-refractivity contribution in [2.75, 3.05) is 20.1 Å². The highest BCUT2D eigenvalue weighted by Crippen LogP contribution is 2.35. The van der Waals surface area contributed by atoms with Crippen molar-refractivity contribution in [3.8, 4) is 0 Å². The van der Waals surface area contributed by atoms with E-state index in [-0.39, 0.29) is 17.8 Å². The highest BCUT2D eigenvalue weighted by Gasteiger charge is 2.42. The van der Waals surface area contributed by atoms with Crippen LogP contribution in [-0.4, -0.2) is 41.9 Å². The minimum absolute atomic E-state index is 0.103. The van der Waals surface area contributed by atoms with Crippen molar-refractivity contribution in [2.45, 2.75) is 13.0 Å². The minimum atomic E-state index is -0.594. The molecule has 2 heterocycles. The standard InChI is InChI=1S/C15H16FN3O2/c1-3-19-8-11-12(14(19)20)13(17-15(21)18(11)2)9-5-4-6-10(16)7-9/h4-7,13H,3,8H2,1-2H3,(H,17,21). The van der Waals surface area contributed by atoms with Gasteiger partial charge in [0.05, 0.1) is 23.9 Å². The number of nitrogens with one attached hydrogen (secondary N) is 1. The van der Waals surface area contributed by atoms with E-state index in [2.05, 4.69) is 5.32 Å². The van der Waals surface area contributed by atoms with E-state index in [0.717, 1.165) is 0 Å². The molecule has 1 aromatic carbocycles. The summed E-state index contributed by atoms with van der Waals surface area (Å²) < 4.78 is 13.4. The van der Waals surface area contributed by atoms with E-state index in [4.69, 9.17) is 0 Å². The number of nitrogens with zero attached hydrogens (tertiary/aromatic N) is 2. The third-order valence-corrected chi connectivity index (χ3v) is 4.00. The summed E-state index contributed by atoms with van der Waals surface area (Å²) >= 11 is 0. The summed E-state index contributed by atoms with van der Waals surface area (Å²) in [6.07, 6.45) is 0. The number of hydrogen-bond acceptors (Lipinski definition) is 2. The van der Waals surface area contributed by atoms with Crippen LogP contribution < -0.4 is 5.32 Å². The Morgan fingerprint density at radius 2 is 2.14 bits per heavy atom. The second-order valence-electron chi connectivity index (χ2n) is 5.18. The summed E-state index contributed by atoms with van der Waals surface area (Å²) in [6, 6.07) is 5.10. The number of halogens is 1. The predicted octanol–water partition coefficient (Wildman–Crippen LogP) is 1.64. The van der Waals surface area contributed by atoms with Gasteiger partial charge < -0.3 is 10.2 Å². The Balaban J connectivity index is 2.08. The van der Waals surface area contributed by atoms with E-state index in [1.807, 2.05) is 6.92 Å². The number of hydrogen-bond donors (Lipinski definition) is 1. The first-order valence-electron chi connectivity index (χ1n) is 6.85. The van der Waals surface area contributed by atoms with Gasteiger partial charge in [0.15, 0.2) is 0 Å². The van der Waals surface area contributed by atoms with E-state index in [1.54, 1.807) is 24.1 Å². The molecule has 0 aromatic heterocycles. The van der Waals surface area contributed by atoms with E-state index < -0.39 is 6.04 Å². The van der Waals surface area contributed by atoms with E-state index in [0.29, 0.717) is 29.9 Å². The lowest BCUT2D eigenvalue weighted by molar-refractivity contribution is -0.125. The number of rotatable bonds is 2. The van der Waals surface area contributed by atoms with Gasteiger partial charge in [-0.15, -0.1) is 0 Å². The highest BCUT2D eigenvalue weighted by atomic mass is 19.1. The molecule has 2 aliphatic rings. The zero-order valence-corrected chi connectivity index (χ0v) is 11.9. The zero-order chi connectivity index (χ0) is 15.1. The Hall–Kier alpha value is -2.37. The fourth-order valence-electron chi connectivity index (χ4n) is 2.81. The van der Waals surface area contributed by atoms with Crippen molar-refractivity contribution in [1.29, 1.82) is 0 Å². The molecule has 0 bridgehead atoms. The van der Waals surface area contributed by atoms with Crippen molar-refractivity contribution in [2.24, 2.45) is 0 Å². The number of amides is 3. The van der Waals surface area contributed by atoms with Crippen molar-refractivity contribution in [3.63, 3.8) is 0 Å². The Bertz CT molecular complexity index is 656. The first kappa shape index (κ1) is 13.6. The van der Waals surface area contributed by atoms with Gasteiger partial charge in [-0.3, -0.25) is 9.69 Å². The summed E-state index contributed by atoms with van der Waals surface area (Å²) in [4.78, 5) is 27.7. The molecular formula is C15H16FN3O2. The number of urea groups is 1. The smallest absolute Gasteiger partial charge is 0.322 e. The van der Waals surface area contributed by atoms with Gasteiger partial charge in [-0.1, -0.05) is 12.1 Å². The fourth-order valence-corrected chi connectivity index (χ4v) is 2.81. The van der Waals surface area contributed by atoms with Gasteiger partial charge in [0.2, 0.25) is 0 Å². The average molecular weight is 289 g/mol. The molecule has 0 spiro atoms. The molecule has 6 heteroatoms. The molecule has 3 amide bonds. The van der Waals surface area contributed by atoms with E-state index in [1.165, 1.54) is 17.0 Å². The van der Waals surface area contributed by atoms with Crippen LogP contribution in [-0.2, 0) is 4.79 Å². The second-order valence-corrected chi connectivity index (χ2v) is 5.18. The maximum absolute atomic E-state index is 13.4. The third-order valence-electron chi connectivity index (χ3n) is 4.00. The van der Waals surface area contributed by atoms with Gasteiger partial charge in [0.1, 0.15) is 5.82 Å². The number of benzene rings is 1. The Morgan fingerprint density at radius 3 is 2.81 bits per heavy atom. The summed E-state index contributed by atoms with van der Waals surface area (Å²) in [5.41, 5.74) is 1.81. The van der Waals surface area contributed by atoms with Crippen LogP contribution in [0.2, 0.25) is 0 Å². The molecule has 21 heavy (non-hydrogen) atoms. The lowest BCUT2D eigenvalue weighted by Crippen LogP contribution is -2.45. The fraction of sp³-hybridized carbons (Fsp3) is 0.333. The first-order chi connectivity index (χ1) is 10.0. The Morgan fingerprint density at radius 1 is 1.38 bits per heavy atom. The largest absolute Gasteiger partial charge is 0.333 e. The minimum Gasteiger partial charge on any atom is -0.333 e. The normalized spacial score (nSPS) is 21.8. The molecule has 5 nitrogen and oxygen atoms in total. The quantitative estimate of drug-likeness (QED) is 0.900. The predicted molar refractivity (Wildman–Crippen MR) is 74.7 cm³/mol. The van der Waals surface area contributed by atoms with Crippen molar-refractivity contribution in [3.05, 3.63) is 46.9 Å². The van der Waals surface area contributed by atoms with E-state index in [9.17, 15) is 14.0 Å². The molecule has 3 rings (SSSR count). The summed E-state index contributed by atoms with van der Waals surface area (Å²) in [7, 11) is 1.64. The molecule has 2 aliphatic heterocycles. The molecule has 1 N–H and O–H groups in total. The molecule has 0 fully saturated rings. The molecule has 1 unspecified atom stereocenters. The highest BCUT2D eigenvalue weighted by molar-refractivity contribution is 6.01. The van der Waals surface area contributed by atoms with Crippen LogP contribution in [0.4, 0.5) is 9.18 Å².